The number of aromatic nitrogens is 4. The van der Waals surface area contributed by atoms with Gasteiger partial charge in [0.15, 0.2) is 16.1 Å². The number of anilines is 1. The summed E-state index contributed by atoms with van der Waals surface area (Å²) in [6.07, 6.45) is 4.71. The maximum Gasteiger partial charge on any atom is 0.265 e. The molecule has 0 bridgehead atoms. The van der Waals surface area contributed by atoms with E-state index in [0.29, 0.717) is 15.7 Å². The van der Waals surface area contributed by atoms with Gasteiger partial charge in [-0.05, 0) is 52.0 Å². The van der Waals surface area contributed by atoms with E-state index in [2.05, 4.69) is 44.3 Å². The fourth-order valence-corrected chi connectivity index (χ4v) is 6.84. The number of thiazole rings is 1. The van der Waals surface area contributed by atoms with E-state index in [0.717, 1.165) is 23.8 Å². The summed E-state index contributed by atoms with van der Waals surface area (Å²) < 4.78 is 2.12. The van der Waals surface area contributed by atoms with Crippen molar-refractivity contribution in [2.45, 2.75) is 57.7 Å². The van der Waals surface area contributed by atoms with Crippen LogP contribution < -0.4 is 5.32 Å². The van der Waals surface area contributed by atoms with Gasteiger partial charge in [0.25, 0.3) is 5.91 Å². The van der Waals surface area contributed by atoms with Crippen LogP contribution in [0, 0.1) is 6.92 Å². The highest BCUT2D eigenvalue weighted by Crippen LogP contribution is 2.38. The third kappa shape index (κ3) is 4.99. The quantitative estimate of drug-likeness (QED) is 0.470. The molecule has 3 aromatic rings. The summed E-state index contributed by atoms with van der Waals surface area (Å²) in [5.74, 6) is 0.760. The first kappa shape index (κ1) is 23.9. The molecule has 0 radical (unpaired) electrons. The summed E-state index contributed by atoms with van der Waals surface area (Å²) in [4.78, 5) is 32.7. The van der Waals surface area contributed by atoms with Crippen LogP contribution in [-0.4, -0.2) is 56.3 Å². The molecular weight excluding hydrogens is 476 g/mol. The Labute approximate surface area is 205 Å². The zero-order valence-electron chi connectivity index (χ0n) is 19.5. The number of carbonyl (C=O) groups excluding carboxylic acids is 2. The highest BCUT2D eigenvalue weighted by atomic mass is 32.2. The molecule has 0 spiro atoms. The Hall–Kier alpha value is -2.24. The molecule has 33 heavy (non-hydrogen) atoms. The van der Waals surface area contributed by atoms with Crippen LogP contribution in [0.2, 0.25) is 0 Å². The zero-order chi connectivity index (χ0) is 23.7. The molecule has 1 aliphatic carbocycles. The minimum Gasteiger partial charge on any atom is -0.344 e. The monoisotopic (exact) mass is 504 g/mol. The fraction of sp³-hybridized carbons (Fsp3) is 0.500. The lowest BCUT2D eigenvalue weighted by molar-refractivity contribution is -0.113. The topological polar surface area (TPSA) is 93.0 Å². The third-order valence-corrected chi connectivity index (χ3v) is 8.55. The molecule has 176 valence electrons. The zero-order valence-corrected chi connectivity index (χ0v) is 21.9. The van der Waals surface area contributed by atoms with Crippen LogP contribution in [-0.2, 0) is 17.6 Å². The maximum absolute atomic E-state index is 12.6. The number of nitrogens with zero attached hydrogens (tertiary/aromatic N) is 5. The van der Waals surface area contributed by atoms with E-state index in [1.165, 1.54) is 56.8 Å². The molecule has 3 aromatic heterocycles. The van der Waals surface area contributed by atoms with Crippen LogP contribution in [0.5, 0.6) is 0 Å². The molecular formula is C22H28N6O2S3. The number of thioether (sulfide) groups is 1. The van der Waals surface area contributed by atoms with Crippen LogP contribution in [0.1, 0.15) is 58.5 Å². The maximum atomic E-state index is 12.6. The van der Waals surface area contributed by atoms with Gasteiger partial charge in [-0.1, -0.05) is 23.1 Å². The van der Waals surface area contributed by atoms with E-state index < -0.39 is 0 Å². The van der Waals surface area contributed by atoms with E-state index >= 15 is 0 Å². The molecule has 0 fully saturated rings. The Balaban J connectivity index is 1.47. The second kappa shape index (κ2) is 9.94. The number of fused-ring (bicyclic) bond motifs is 1. The van der Waals surface area contributed by atoms with Crippen LogP contribution in [0.4, 0.5) is 5.13 Å². The van der Waals surface area contributed by atoms with E-state index in [-0.39, 0.29) is 23.6 Å². The van der Waals surface area contributed by atoms with Crippen LogP contribution >= 0.6 is 34.4 Å². The first-order valence-corrected chi connectivity index (χ1v) is 13.6. The third-order valence-electron chi connectivity index (χ3n) is 5.46. The van der Waals surface area contributed by atoms with Gasteiger partial charge in [-0.15, -0.1) is 21.5 Å². The van der Waals surface area contributed by atoms with Crippen LogP contribution in [0.3, 0.4) is 0 Å². The van der Waals surface area contributed by atoms with E-state index in [1.807, 2.05) is 11.3 Å². The highest BCUT2D eigenvalue weighted by molar-refractivity contribution is 7.99. The average molecular weight is 505 g/mol. The predicted octanol–water partition coefficient (Wildman–Crippen LogP) is 4.66. The van der Waals surface area contributed by atoms with Crippen molar-refractivity contribution in [3.8, 4) is 11.4 Å². The molecule has 0 aliphatic heterocycles. The molecule has 8 nitrogen and oxygen atoms in total. The molecule has 3 heterocycles. The lowest BCUT2D eigenvalue weighted by atomic mass is 9.95. The van der Waals surface area contributed by atoms with Crippen molar-refractivity contribution >= 4 is 51.4 Å². The van der Waals surface area contributed by atoms with E-state index in [4.69, 9.17) is 0 Å². The molecule has 11 heteroatoms. The van der Waals surface area contributed by atoms with Gasteiger partial charge in [0.2, 0.25) is 5.91 Å². The SMILES string of the molecule is Cc1nc(NC(=O)CSc2nnc(-c3csc4c3CCCC4)n2C(C)C)sc1C(=O)N(C)C. The van der Waals surface area contributed by atoms with Gasteiger partial charge in [0, 0.05) is 36.0 Å². The number of hydrogen-bond acceptors (Lipinski definition) is 8. The van der Waals surface area contributed by atoms with Crippen molar-refractivity contribution in [3.05, 3.63) is 26.4 Å². The van der Waals surface area contributed by atoms with E-state index in [1.54, 1.807) is 21.0 Å². The van der Waals surface area contributed by atoms with Crippen molar-refractivity contribution in [2.24, 2.45) is 0 Å². The predicted molar refractivity (Wildman–Crippen MR) is 135 cm³/mol. The number of amides is 2. The van der Waals surface area contributed by atoms with Crippen molar-refractivity contribution < 1.29 is 9.59 Å². The highest BCUT2D eigenvalue weighted by Gasteiger charge is 2.24. The number of thiophene rings is 1. The van der Waals surface area contributed by atoms with Gasteiger partial charge in [-0.25, -0.2) is 4.98 Å². The minimum atomic E-state index is -0.189. The second-order valence-corrected chi connectivity index (χ2v) is 11.4. The first-order valence-electron chi connectivity index (χ1n) is 10.9. The van der Waals surface area contributed by atoms with Gasteiger partial charge < -0.3 is 10.2 Å². The Bertz CT molecular complexity index is 1180. The molecule has 0 atom stereocenters. The molecule has 1 N–H and O–H groups in total. The number of aryl methyl sites for hydroxylation is 2. The van der Waals surface area contributed by atoms with Crippen molar-refractivity contribution in [1.82, 2.24) is 24.6 Å². The molecule has 0 aromatic carbocycles. The molecule has 1 aliphatic rings. The lowest BCUT2D eigenvalue weighted by Crippen LogP contribution is -2.21. The average Bonchev–Trinajstić information content (AvgIpc) is 3.47. The second-order valence-electron chi connectivity index (χ2n) is 8.50. The summed E-state index contributed by atoms with van der Waals surface area (Å²) in [6.45, 7) is 5.99. The smallest absolute Gasteiger partial charge is 0.265 e. The largest absolute Gasteiger partial charge is 0.344 e. The van der Waals surface area contributed by atoms with Gasteiger partial charge in [-0.2, -0.15) is 0 Å². The normalized spacial score (nSPS) is 13.3. The lowest BCUT2D eigenvalue weighted by Gasteiger charge is -2.16. The number of rotatable bonds is 7. The molecule has 0 saturated carbocycles. The summed E-state index contributed by atoms with van der Waals surface area (Å²) in [5, 5.41) is 15.1. The Morgan fingerprint density at radius 3 is 2.73 bits per heavy atom. The minimum absolute atomic E-state index is 0.118. The Morgan fingerprint density at radius 2 is 2.00 bits per heavy atom. The molecule has 2 amide bonds. The molecule has 0 saturated heterocycles. The van der Waals surface area contributed by atoms with Gasteiger partial charge >= 0.3 is 0 Å². The van der Waals surface area contributed by atoms with Gasteiger partial charge in [0.1, 0.15) is 4.88 Å². The van der Waals surface area contributed by atoms with Gasteiger partial charge in [-0.3, -0.25) is 14.2 Å². The fourth-order valence-electron chi connectivity index (χ4n) is 3.84. The van der Waals surface area contributed by atoms with Crippen molar-refractivity contribution in [1.29, 1.82) is 0 Å². The summed E-state index contributed by atoms with van der Waals surface area (Å²) in [6, 6.07) is 0.168. The number of hydrogen-bond donors (Lipinski definition) is 1. The van der Waals surface area contributed by atoms with Gasteiger partial charge in [0.05, 0.1) is 11.4 Å². The summed E-state index contributed by atoms with van der Waals surface area (Å²) in [5.41, 5.74) is 3.21. The summed E-state index contributed by atoms with van der Waals surface area (Å²) >= 11 is 4.37. The van der Waals surface area contributed by atoms with Crippen LogP contribution in [0.25, 0.3) is 11.4 Å². The molecule has 4 rings (SSSR count). The summed E-state index contributed by atoms with van der Waals surface area (Å²) in [7, 11) is 3.39. The number of carbonyl (C=O) groups is 2. The Kier molecular flexibility index (Phi) is 7.20. The van der Waals surface area contributed by atoms with Crippen molar-refractivity contribution in [3.63, 3.8) is 0 Å². The molecule has 0 unspecified atom stereocenters. The Morgan fingerprint density at radius 1 is 1.24 bits per heavy atom. The standard InChI is InChI=1S/C22H28N6O2S3/c1-12(2)28-19(15-10-31-16-9-7-6-8-14(15)16)25-26-22(28)32-11-17(29)24-21-23-13(3)18(33-21)20(30)27(4)5/h10,12H,6-9,11H2,1-5H3,(H,23,24,29). The first-order chi connectivity index (χ1) is 15.8. The van der Waals surface area contributed by atoms with E-state index in [9.17, 15) is 9.59 Å². The number of nitrogens with one attached hydrogen (secondary N) is 1. The van der Waals surface area contributed by atoms with Crippen molar-refractivity contribution in [2.75, 3.05) is 25.2 Å². The van der Waals surface area contributed by atoms with Crippen LogP contribution in [0.15, 0.2) is 10.5 Å².